The summed E-state index contributed by atoms with van der Waals surface area (Å²) in [6, 6.07) is 18.5. The lowest BCUT2D eigenvalue weighted by molar-refractivity contribution is -0.143. The van der Waals surface area contributed by atoms with Gasteiger partial charge in [-0.3, -0.25) is 9.10 Å². The lowest BCUT2D eigenvalue weighted by Crippen LogP contribution is -2.45. The van der Waals surface area contributed by atoms with E-state index in [1.165, 1.54) is 16.4 Å². The van der Waals surface area contributed by atoms with E-state index < -0.39 is 34.5 Å². The van der Waals surface area contributed by atoms with Crippen molar-refractivity contribution in [2.75, 3.05) is 24.0 Å². The zero-order valence-corrected chi connectivity index (χ0v) is 24.8. The third kappa shape index (κ3) is 6.89. The van der Waals surface area contributed by atoms with Gasteiger partial charge in [0.1, 0.15) is 30.4 Å². The highest BCUT2D eigenvalue weighted by atomic mass is 32.2. The zero-order valence-electron chi connectivity index (χ0n) is 24.0. The molecule has 3 aromatic carbocycles. The van der Waals surface area contributed by atoms with Crippen LogP contribution in [-0.2, 0) is 45.5 Å². The molecule has 0 atom stereocenters. The molecular formula is C31H30F3N3O6S. The van der Waals surface area contributed by atoms with Crippen molar-refractivity contribution in [2.24, 2.45) is 0 Å². The number of para-hydroxylation sites is 1. The number of oxazole rings is 1. The van der Waals surface area contributed by atoms with Gasteiger partial charge in [-0.15, -0.1) is 0 Å². The molecule has 0 saturated heterocycles. The van der Waals surface area contributed by atoms with Crippen molar-refractivity contribution in [1.29, 1.82) is 0 Å². The molecule has 9 nitrogen and oxygen atoms in total. The number of benzene rings is 3. The minimum absolute atomic E-state index is 0.0348. The number of aryl methyl sites for hydroxylation is 1. The van der Waals surface area contributed by atoms with E-state index in [0.29, 0.717) is 40.4 Å². The minimum Gasteiger partial charge on any atom is -0.487 e. The highest BCUT2D eigenvalue weighted by Crippen LogP contribution is 2.33. The van der Waals surface area contributed by atoms with E-state index in [1.54, 1.807) is 50.2 Å². The number of anilines is 1. The van der Waals surface area contributed by atoms with Crippen molar-refractivity contribution in [3.63, 3.8) is 0 Å². The number of ether oxygens (including phenoxy) is 2. The Kier molecular flexibility index (Phi) is 8.97. The third-order valence-corrected chi connectivity index (χ3v) is 8.92. The molecule has 0 radical (unpaired) electrons. The Labute approximate surface area is 253 Å². The highest BCUT2D eigenvalue weighted by molar-refractivity contribution is 7.90. The van der Waals surface area contributed by atoms with Gasteiger partial charge in [-0.25, -0.2) is 4.98 Å². The lowest BCUT2D eigenvalue weighted by Gasteiger charge is -2.28. The summed E-state index contributed by atoms with van der Waals surface area (Å²) < 4.78 is 85.0. The van der Waals surface area contributed by atoms with E-state index in [0.717, 1.165) is 22.0 Å². The van der Waals surface area contributed by atoms with Crippen LogP contribution >= 0.6 is 0 Å². The first-order valence-corrected chi connectivity index (χ1v) is 15.2. The van der Waals surface area contributed by atoms with Crippen LogP contribution in [0, 0.1) is 6.92 Å². The number of hydrogen-bond acceptors (Lipinski definition) is 7. The van der Waals surface area contributed by atoms with E-state index in [2.05, 4.69) is 4.98 Å². The van der Waals surface area contributed by atoms with Crippen LogP contribution in [0.1, 0.15) is 35.1 Å². The van der Waals surface area contributed by atoms with Crippen LogP contribution in [0.5, 0.6) is 5.75 Å². The number of carbonyl (C=O) groups is 1. The van der Waals surface area contributed by atoms with E-state index in [9.17, 15) is 26.4 Å². The van der Waals surface area contributed by atoms with Crippen LogP contribution in [0.2, 0.25) is 0 Å². The fourth-order valence-corrected chi connectivity index (χ4v) is 6.40. The van der Waals surface area contributed by atoms with Gasteiger partial charge < -0.3 is 13.9 Å². The number of esters is 1. The SMILES string of the molecule is CCOC(=O)CN(Cc1ccc(OCc2nc(-c3ccc(C(F)(F)F)cc3)oc2C)cc1)S(=O)(=O)N1CCc2ccccc21. The maximum atomic E-state index is 13.7. The number of nitrogens with zero attached hydrogens (tertiary/aromatic N) is 3. The Morgan fingerprint density at radius 2 is 1.75 bits per heavy atom. The summed E-state index contributed by atoms with van der Waals surface area (Å²) in [6.07, 6.45) is -3.86. The number of aromatic nitrogens is 1. The van der Waals surface area contributed by atoms with Gasteiger partial charge in [0.2, 0.25) is 5.89 Å². The Morgan fingerprint density at radius 3 is 2.43 bits per heavy atom. The maximum absolute atomic E-state index is 13.7. The van der Waals surface area contributed by atoms with Crippen LogP contribution in [0.3, 0.4) is 0 Å². The Balaban J connectivity index is 1.26. The maximum Gasteiger partial charge on any atom is 0.416 e. The topological polar surface area (TPSA) is 102 Å². The molecule has 0 amide bonds. The Bertz CT molecular complexity index is 1720. The summed E-state index contributed by atoms with van der Waals surface area (Å²) >= 11 is 0. The molecule has 0 spiro atoms. The molecule has 13 heteroatoms. The first-order valence-electron chi connectivity index (χ1n) is 13.8. The molecule has 1 aromatic heterocycles. The molecule has 1 aliphatic rings. The average molecular weight is 630 g/mol. The van der Waals surface area contributed by atoms with Gasteiger partial charge in [0.15, 0.2) is 0 Å². The second kappa shape index (κ2) is 12.7. The molecule has 2 heterocycles. The molecule has 0 N–H and O–H groups in total. The molecule has 232 valence electrons. The molecule has 1 aliphatic heterocycles. The van der Waals surface area contributed by atoms with Crippen LogP contribution in [-0.4, -0.2) is 43.4 Å². The molecule has 0 fully saturated rings. The van der Waals surface area contributed by atoms with E-state index >= 15 is 0 Å². The molecule has 0 unspecified atom stereocenters. The molecule has 44 heavy (non-hydrogen) atoms. The summed E-state index contributed by atoms with van der Waals surface area (Å²) in [5.74, 6) is 0.455. The first kappa shape index (κ1) is 31.1. The summed E-state index contributed by atoms with van der Waals surface area (Å²) in [5, 5.41) is 0. The van der Waals surface area contributed by atoms with Crippen LogP contribution < -0.4 is 9.04 Å². The largest absolute Gasteiger partial charge is 0.487 e. The zero-order chi connectivity index (χ0) is 31.5. The lowest BCUT2D eigenvalue weighted by atomic mass is 10.1. The smallest absolute Gasteiger partial charge is 0.416 e. The van der Waals surface area contributed by atoms with Gasteiger partial charge in [0.25, 0.3) is 0 Å². The monoisotopic (exact) mass is 629 g/mol. The minimum atomic E-state index is -4.44. The standard InChI is InChI=1S/C31H30F3N3O6S/c1-3-41-29(38)19-36(44(39,40)37-17-16-23-6-4-5-7-28(23)37)18-22-8-14-26(15-9-22)42-20-27-21(2)43-30(35-27)24-10-12-25(13-11-24)31(32,33)34/h4-15H,3,16-20H2,1-2H3. The second-order valence-corrected chi connectivity index (χ2v) is 11.9. The summed E-state index contributed by atoms with van der Waals surface area (Å²) in [6.45, 7) is 3.26. The van der Waals surface area contributed by atoms with Crippen molar-refractivity contribution in [1.82, 2.24) is 9.29 Å². The van der Waals surface area contributed by atoms with Gasteiger partial charge in [0, 0.05) is 18.7 Å². The number of fused-ring (bicyclic) bond motifs is 1. The van der Waals surface area contributed by atoms with Crippen molar-refractivity contribution < 1.29 is 40.3 Å². The van der Waals surface area contributed by atoms with Crippen molar-refractivity contribution >= 4 is 21.9 Å². The Hall–Kier alpha value is -4.36. The van der Waals surface area contributed by atoms with Crippen LogP contribution in [0.15, 0.2) is 77.2 Å². The van der Waals surface area contributed by atoms with Crippen LogP contribution in [0.25, 0.3) is 11.5 Å². The normalized spacial score (nSPS) is 13.3. The quantitative estimate of drug-likeness (QED) is 0.190. The number of hydrogen-bond donors (Lipinski definition) is 0. The average Bonchev–Trinajstić information content (AvgIpc) is 3.60. The number of carbonyl (C=O) groups excluding carboxylic acids is 1. The molecule has 4 aromatic rings. The highest BCUT2D eigenvalue weighted by Gasteiger charge is 2.36. The van der Waals surface area contributed by atoms with Crippen LogP contribution in [0.4, 0.5) is 18.9 Å². The van der Waals surface area contributed by atoms with Gasteiger partial charge in [0.05, 0.1) is 17.9 Å². The summed E-state index contributed by atoms with van der Waals surface area (Å²) in [4.78, 5) is 16.7. The van der Waals surface area contributed by atoms with Gasteiger partial charge in [-0.1, -0.05) is 30.3 Å². The van der Waals surface area contributed by atoms with Crippen molar-refractivity contribution in [3.8, 4) is 17.2 Å². The third-order valence-electron chi connectivity index (χ3n) is 7.07. The molecule has 5 rings (SSSR count). The van der Waals surface area contributed by atoms with E-state index in [-0.39, 0.29) is 32.2 Å². The molecular weight excluding hydrogens is 599 g/mol. The van der Waals surface area contributed by atoms with Gasteiger partial charge >= 0.3 is 22.4 Å². The fraction of sp³-hybridized carbons (Fsp3) is 0.290. The fourth-order valence-electron chi connectivity index (χ4n) is 4.79. The summed E-state index contributed by atoms with van der Waals surface area (Å²) in [7, 11) is -4.06. The van der Waals surface area contributed by atoms with Gasteiger partial charge in [-0.05, 0) is 73.9 Å². The summed E-state index contributed by atoms with van der Waals surface area (Å²) in [5.41, 5.74) is 2.25. The number of alkyl halides is 3. The Morgan fingerprint density at radius 1 is 1.05 bits per heavy atom. The van der Waals surface area contributed by atoms with Gasteiger partial charge in [-0.2, -0.15) is 25.9 Å². The predicted octanol–water partition coefficient (Wildman–Crippen LogP) is 5.92. The van der Waals surface area contributed by atoms with Crippen molar-refractivity contribution in [2.45, 2.75) is 39.6 Å². The van der Waals surface area contributed by atoms with Crippen molar-refractivity contribution in [3.05, 3.63) is 101 Å². The molecule has 0 bridgehead atoms. The predicted molar refractivity (Wildman–Crippen MR) is 156 cm³/mol. The second-order valence-electron chi connectivity index (χ2n) is 10.1. The van der Waals surface area contributed by atoms with E-state index in [1.807, 2.05) is 12.1 Å². The first-order chi connectivity index (χ1) is 21.0. The number of halogens is 3. The molecule has 0 aliphatic carbocycles. The van der Waals surface area contributed by atoms with E-state index in [4.69, 9.17) is 13.9 Å². The molecule has 0 saturated carbocycles. The number of rotatable bonds is 11.